The average Bonchev–Trinajstić information content (AvgIpc) is 2.59. The molecule has 1 aromatic rings. The number of carbonyl (C=O) groups excluding carboxylic acids is 1. The van der Waals surface area contributed by atoms with Crippen LogP contribution in [-0.2, 0) is 4.74 Å². The van der Waals surface area contributed by atoms with Gasteiger partial charge in [-0.1, -0.05) is 0 Å². The Labute approximate surface area is 161 Å². The number of nitrogens with zero attached hydrogens (tertiary/aromatic N) is 2. The number of anilines is 2. The van der Waals surface area contributed by atoms with Gasteiger partial charge in [-0.3, -0.25) is 4.79 Å². The molecule has 1 amide bonds. The van der Waals surface area contributed by atoms with Crippen LogP contribution in [-0.4, -0.2) is 46.3 Å². The minimum atomic E-state index is -4.30. The SMILES string of the molecule is CC1(Nc2nc(NC3CCC(OCC(F)(F)F)CC3)ncc2C(N)=O)CCC1. The lowest BCUT2D eigenvalue weighted by Crippen LogP contribution is -2.42. The van der Waals surface area contributed by atoms with Crippen molar-refractivity contribution in [2.45, 2.75) is 75.7 Å². The molecule has 0 radical (unpaired) electrons. The van der Waals surface area contributed by atoms with Crippen LogP contribution in [0.3, 0.4) is 0 Å². The van der Waals surface area contributed by atoms with E-state index in [4.69, 9.17) is 10.5 Å². The third-order valence-electron chi connectivity index (χ3n) is 5.42. The van der Waals surface area contributed by atoms with Gasteiger partial charge in [0.1, 0.15) is 12.4 Å². The van der Waals surface area contributed by atoms with E-state index in [-0.39, 0.29) is 23.2 Å². The molecule has 4 N–H and O–H groups in total. The van der Waals surface area contributed by atoms with E-state index in [2.05, 4.69) is 27.5 Å². The summed E-state index contributed by atoms with van der Waals surface area (Å²) in [5, 5.41) is 6.51. The molecule has 0 aliphatic heterocycles. The number of aromatic nitrogens is 2. The van der Waals surface area contributed by atoms with Crippen molar-refractivity contribution in [3.63, 3.8) is 0 Å². The molecule has 1 heterocycles. The maximum absolute atomic E-state index is 12.3. The molecule has 10 heteroatoms. The van der Waals surface area contributed by atoms with Crippen LogP contribution in [0.1, 0.15) is 62.2 Å². The smallest absolute Gasteiger partial charge is 0.369 e. The van der Waals surface area contributed by atoms with Gasteiger partial charge < -0.3 is 21.1 Å². The van der Waals surface area contributed by atoms with E-state index < -0.39 is 18.7 Å². The fourth-order valence-electron chi connectivity index (χ4n) is 3.61. The molecule has 0 unspecified atom stereocenters. The number of amides is 1. The summed E-state index contributed by atoms with van der Waals surface area (Å²) in [4.78, 5) is 20.3. The number of hydrogen-bond donors (Lipinski definition) is 3. The minimum Gasteiger partial charge on any atom is -0.369 e. The van der Waals surface area contributed by atoms with Crippen LogP contribution in [0.4, 0.5) is 24.9 Å². The Bertz CT molecular complexity index is 701. The largest absolute Gasteiger partial charge is 0.411 e. The Kier molecular flexibility index (Phi) is 5.97. The molecule has 2 saturated carbocycles. The molecule has 28 heavy (non-hydrogen) atoms. The Hall–Kier alpha value is -2.10. The summed E-state index contributed by atoms with van der Waals surface area (Å²) in [6.07, 6.45) is 2.20. The van der Waals surface area contributed by atoms with Gasteiger partial charge in [0.25, 0.3) is 5.91 Å². The second-order valence-corrected chi connectivity index (χ2v) is 7.90. The van der Waals surface area contributed by atoms with Crippen LogP contribution in [0, 0.1) is 0 Å². The number of nitrogens with one attached hydrogen (secondary N) is 2. The molecular weight excluding hydrogens is 375 g/mol. The lowest BCUT2D eigenvalue weighted by molar-refractivity contribution is -0.187. The molecule has 3 rings (SSSR count). The van der Waals surface area contributed by atoms with Crippen molar-refractivity contribution in [3.8, 4) is 0 Å². The molecule has 156 valence electrons. The lowest BCUT2D eigenvalue weighted by Gasteiger charge is -2.40. The van der Waals surface area contributed by atoms with Crippen LogP contribution in [0.5, 0.6) is 0 Å². The maximum atomic E-state index is 12.3. The van der Waals surface area contributed by atoms with Crippen molar-refractivity contribution in [2.24, 2.45) is 5.73 Å². The number of halogens is 3. The van der Waals surface area contributed by atoms with Gasteiger partial charge in [0.15, 0.2) is 0 Å². The number of nitrogens with two attached hydrogens (primary N) is 1. The van der Waals surface area contributed by atoms with Crippen molar-refractivity contribution >= 4 is 17.7 Å². The molecule has 7 nitrogen and oxygen atoms in total. The van der Waals surface area contributed by atoms with Gasteiger partial charge in [0.05, 0.1) is 11.7 Å². The van der Waals surface area contributed by atoms with Crippen LogP contribution in [0.25, 0.3) is 0 Å². The van der Waals surface area contributed by atoms with E-state index in [1.165, 1.54) is 6.20 Å². The minimum absolute atomic E-state index is 0.0392. The van der Waals surface area contributed by atoms with Crippen LogP contribution < -0.4 is 16.4 Å². The molecule has 0 bridgehead atoms. The monoisotopic (exact) mass is 401 g/mol. The van der Waals surface area contributed by atoms with Gasteiger partial charge in [0.2, 0.25) is 5.95 Å². The van der Waals surface area contributed by atoms with E-state index in [0.29, 0.717) is 37.4 Å². The summed E-state index contributed by atoms with van der Waals surface area (Å²) in [5.74, 6) is 0.184. The maximum Gasteiger partial charge on any atom is 0.411 e. The van der Waals surface area contributed by atoms with Crippen molar-refractivity contribution in [1.82, 2.24) is 9.97 Å². The number of hydrogen-bond acceptors (Lipinski definition) is 6. The molecule has 2 fully saturated rings. The van der Waals surface area contributed by atoms with E-state index in [9.17, 15) is 18.0 Å². The third-order valence-corrected chi connectivity index (χ3v) is 5.42. The highest BCUT2D eigenvalue weighted by Crippen LogP contribution is 2.35. The number of ether oxygens (including phenoxy) is 1. The van der Waals surface area contributed by atoms with E-state index >= 15 is 0 Å². The summed E-state index contributed by atoms with van der Waals surface area (Å²) in [6.45, 7) is 0.861. The summed E-state index contributed by atoms with van der Waals surface area (Å²) in [6, 6.07) is 0.0392. The molecule has 0 aromatic carbocycles. The van der Waals surface area contributed by atoms with Gasteiger partial charge in [-0.15, -0.1) is 0 Å². The molecule has 0 saturated heterocycles. The fourth-order valence-corrected chi connectivity index (χ4v) is 3.61. The van der Waals surface area contributed by atoms with Gasteiger partial charge in [-0.2, -0.15) is 18.2 Å². The number of rotatable bonds is 7. The first-order valence-electron chi connectivity index (χ1n) is 9.53. The second kappa shape index (κ2) is 8.10. The average molecular weight is 401 g/mol. The summed E-state index contributed by atoms with van der Waals surface area (Å²) in [5.41, 5.74) is 5.56. The zero-order valence-corrected chi connectivity index (χ0v) is 15.8. The highest BCUT2D eigenvalue weighted by atomic mass is 19.4. The molecule has 2 aliphatic carbocycles. The van der Waals surface area contributed by atoms with E-state index in [1.807, 2.05) is 0 Å². The highest BCUT2D eigenvalue weighted by molar-refractivity contribution is 5.97. The van der Waals surface area contributed by atoms with Crippen LogP contribution in [0.15, 0.2) is 6.20 Å². The van der Waals surface area contributed by atoms with Crippen molar-refractivity contribution < 1.29 is 22.7 Å². The van der Waals surface area contributed by atoms with Gasteiger partial charge in [-0.05, 0) is 51.9 Å². The first-order valence-corrected chi connectivity index (χ1v) is 9.53. The third kappa shape index (κ3) is 5.46. The zero-order valence-electron chi connectivity index (χ0n) is 15.8. The van der Waals surface area contributed by atoms with Gasteiger partial charge in [0, 0.05) is 17.8 Å². The normalized spacial score (nSPS) is 24.3. The number of carbonyl (C=O) groups is 1. The first-order chi connectivity index (χ1) is 13.1. The molecular formula is C18H26F3N5O2. The zero-order chi connectivity index (χ0) is 20.4. The fraction of sp³-hybridized carbons (Fsp3) is 0.722. The molecule has 0 spiro atoms. The van der Waals surface area contributed by atoms with Crippen molar-refractivity contribution in [2.75, 3.05) is 17.2 Å². The van der Waals surface area contributed by atoms with Crippen LogP contribution in [0.2, 0.25) is 0 Å². The van der Waals surface area contributed by atoms with Crippen LogP contribution >= 0.6 is 0 Å². The second-order valence-electron chi connectivity index (χ2n) is 7.90. The Morgan fingerprint density at radius 3 is 2.54 bits per heavy atom. The predicted molar refractivity (Wildman–Crippen MR) is 98.1 cm³/mol. The standard InChI is InChI=1S/C18H26F3N5O2/c1-17(7-2-8-17)26-15-13(14(22)27)9-23-16(25-15)24-11-3-5-12(6-4-11)28-10-18(19,20)21/h9,11-12H,2-8,10H2,1H3,(H2,22,27)(H2,23,24,25,26). The predicted octanol–water partition coefficient (Wildman–Crippen LogP) is 3.23. The first kappa shape index (κ1) is 20.6. The summed E-state index contributed by atoms with van der Waals surface area (Å²) >= 11 is 0. The quantitative estimate of drug-likeness (QED) is 0.648. The van der Waals surface area contributed by atoms with Crippen molar-refractivity contribution in [1.29, 1.82) is 0 Å². The summed E-state index contributed by atoms with van der Waals surface area (Å²) in [7, 11) is 0. The molecule has 1 aromatic heterocycles. The highest BCUT2D eigenvalue weighted by Gasteiger charge is 2.33. The molecule has 0 atom stereocenters. The number of alkyl halides is 3. The molecule has 2 aliphatic rings. The van der Waals surface area contributed by atoms with Gasteiger partial charge >= 0.3 is 6.18 Å². The Morgan fingerprint density at radius 2 is 2.00 bits per heavy atom. The topological polar surface area (TPSA) is 102 Å². The van der Waals surface area contributed by atoms with Crippen molar-refractivity contribution in [3.05, 3.63) is 11.8 Å². The summed E-state index contributed by atoms with van der Waals surface area (Å²) < 4.78 is 41.7. The lowest BCUT2D eigenvalue weighted by atomic mass is 9.78. The Balaban J connectivity index is 1.58. The Morgan fingerprint density at radius 1 is 1.32 bits per heavy atom. The van der Waals surface area contributed by atoms with E-state index in [0.717, 1.165) is 19.3 Å². The van der Waals surface area contributed by atoms with E-state index in [1.54, 1.807) is 0 Å². The van der Waals surface area contributed by atoms with Gasteiger partial charge in [-0.25, -0.2) is 4.98 Å². The number of primary amides is 1.